The number of aromatic nitrogens is 2. The first-order valence-electron chi connectivity index (χ1n) is 6.98. The number of nitrogen functional groups attached to an aromatic ring is 1. The molecule has 0 aromatic carbocycles. The minimum absolute atomic E-state index is 0.112. The molecule has 1 aliphatic carbocycles. The molecule has 0 spiro atoms. The van der Waals surface area contributed by atoms with Gasteiger partial charge in [0.2, 0.25) is 0 Å². The van der Waals surface area contributed by atoms with Crippen LogP contribution in [0.25, 0.3) is 0 Å². The normalized spacial score (nSPS) is 24.8. The summed E-state index contributed by atoms with van der Waals surface area (Å²) in [5, 5.41) is 3.51. The maximum Gasteiger partial charge on any atom is 0.134 e. The van der Waals surface area contributed by atoms with E-state index < -0.39 is 0 Å². The molecule has 0 bridgehead atoms. The first-order valence-corrected chi connectivity index (χ1v) is 6.98. The Bertz CT molecular complexity index is 447. The lowest BCUT2D eigenvalue weighted by Gasteiger charge is -2.51. The van der Waals surface area contributed by atoms with E-state index in [1.54, 1.807) is 0 Å². The van der Waals surface area contributed by atoms with Gasteiger partial charge in [-0.15, -0.1) is 0 Å². The van der Waals surface area contributed by atoms with Gasteiger partial charge in [-0.25, -0.2) is 9.97 Å². The van der Waals surface area contributed by atoms with E-state index in [-0.39, 0.29) is 5.41 Å². The zero-order chi connectivity index (χ0) is 14.0. The molecule has 1 aromatic heterocycles. The van der Waals surface area contributed by atoms with Crippen molar-refractivity contribution in [3.63, 3.8) is 0 Å². The lowest BCUT2D eigenvalue weighted by molar-refractivity contribution is -0.0976. The second-order valence-corrected chi connectivity index (χ2v) is 5.64. The molecule has 1 aliphatic rings. The number of hydrogen-bond donors (Lipinski definition) is 2. The van der Waals surface area contributed by atoms with Crippen LogP contribution < -0.4 is 11.1 Å². The summed E-state index contributed by atoms with van der Waals surface area (Å²) in [7, 11) is 0. The molecular formula is C14H24N4O. The van der Waals surface area contributed by atoms with Crippen molar-refractivity contribution in [3.05, 3.63) is 11.9 Å². The predicted octanol–water partition coefficient (Wildman–Crippen LogP) is 2.24. The second-order valence-electron chi connectivity index (χ2n) is 5.64. The number of nitrogens with two attached hydrogens (primary N) is 1. The standard InChI is InChI=1S/C14H24N4O/c1-5-9-12(15)16-8-17-13(9)18-10-7-11(19-6-2)14(10,3)4/h8,10-11H,5-7H2,1-4H3,(H3,15,16,17,18). The summed E-state index contributed by atoms with van der Waals surface area (Å²) in [5.74, 6) is 1.43. The molecule has 0 radical (unpaired) electrons. The zero-order valence-corrected chi connectivity index (χ0v) is 12.2. The summed E-state index contributed by atoms with van der Waals surface area (Å²) in [4.78, 5) is 8.37. The van der Waals surface area contributed by atoms with Gasteiger partial charge in [0.25, 0.3) is 0 Å². The van der Waals surface area contributed by atoms with E-state index in [1.807, 2.05) is 6.92 Å². The highest BCUT2D eigenvalue weighted by atomic mass is 16.5. The Hall–Kier alpha value is -1.36. The Morgan fingerprint density at radius 3 is 2.74 bits per heavy atom. The predicted molar refractivity (Wildman–Crippen MR) is 77.0 cm³/mol. The average Bonchev–Trinajstić information content (AvgIpc) is 2.38. The molecular weight excluding hydrogens is 240 g/mol. The van der Waals surface area contributed by atoms with Crippen molar-refractivity contribution < 1.29 is 4.74 Å². The maximum absolute atomic E-state index is 5.89. The lowest BCUT2D eigenvalue weighted by Crippen LogP contribution is -2.58. The Balaban J connectivity index is 2.09. The van der Waals surface area contributed by atoms with Gasteiger partial charge >= 0.3 is 0 Å². The average molecular weight is 264 g/mol. The van der Waals surface area contributed by atoms with Crippen LogP contribution in [0.3, 0.4) is 0 Å². The van der Waals surface area contributed by atoms with Gasteiger partial charge < -0.3 is 15.8 Å². The van der Waals surface area contributed by atoms with Crippen LogP contribution in [0.15, 0.2) is 6.33 Å². The Kier molecular flexibility index (Phi) is 3.94. The molecule has 5 heteroatoms. The van der Waals surface area contributed by atoms with Gasteiger partial charge in [-0.2, -0.15) is 0 Å². The van der Waals surface area contributed by atoms with E-state index in [4.69, 9.17) is 10.5 Å². The summed E-state index contributed by atoms with van der Waals surface area (Å²) < 4.78 is 5.74. The van der Waals surface area contributed by atoms with E-state index in [0.29, 0.717) is 18.0 Å². The maximum atomic E-state index is 5.89. The molecule has 106 valence electrons. The highest BCUT2D eigenvalue weighted by molar-refractivity contribution is 5.55. The van der Waals surface area contributed by atoms with Crippen molar-refractivity contribution >= 4 is 11.6 Å². The first-order chi connectivity index (χ1) is 9.00. The quantitative estimate of drug-likeness (QED) is 0.853. The Labute approximate surface area is 115 Å². The molecule has 19 heavy (non-hydrogen) atoms. The van der Waals surface area contributed by atoms with Crippen molar-refractivity contribution in [2.45, 2.75) is 52.7 Å². The van der Waals surface area contributed by atoms with Crippen molar-refractivity contribution in [2.24, 2.45) is 5.41 Å². The van der Waals surface area contributed by atoms with Crippen molar-refractivity contribution in [1.29, 1.82) is 0 Å². The number of nitrogens with one attached hydrogen (secondary N) is 1. The van der Waals surface area contributed by atoms with Gasteiger partial charge in [-0.1, -0.05) is 20.8 Å². The number of rotatable bonds is 5. The van der Waals surface area contributed by atoms with Crippen LogP contribution in [0, 0.1) is 5.41 Å². The molecule has 1 fully saturated rings. The summed E-state index contributed by atoms with van der Waals surface area (Å²) in [5.41, 5.74) is 7.00. The van der Waals surface area contributed by atoms with E-state index >= 15 is 0 Å². The summed E-state index contributed by atoms with van der Waals surface area (Å²) >= 11 is 0. The highest BCUT2D eigenvalue weighted by Crippen LogP contribution is 2.44. The fraction of sp³-hybridized carbons (Fsp3) is 0.714. The third-order valence-electron chi connectivity index (χ3n) is 4.19. The monoisotopic (exact) mass is 264 g/mol. The van der Waals surface area contributed by atoms with Gasteiger partial charge in [0.1, 0.15) is 18.0 Å². The van der Waals surface area contributed by atoms with Gasteiger partial charge in [0.15, 0.2) is 0 Å². The summed E-state index contributed by atoms with van der Waals surface area (Å²) in [6.45, 7) is 9.32. The Morgan fingerprint density at radius 1 is 1.42 bits per heavy atom. The topological polar surface area (TPSA) is 73.1 Å². The minimum Gasteiger partial charge on any atom is -0.383 e. The van der Waals surface area contributed by atoms with Crippen molar-refractivity contribution in [3.8, 4) is 0 Å². The van der Waals surface area contributed by atoms with Gasteiger partial charge in [-0.3, -0.25) is 0 Å². The van der Waals surface area contributed by atoms with Crippen LogP contribution in [0.4, 0.5) is 11.6 Å². The molecule has 2 rings (SSSR count). The summed E-state index contributed by atoms with van der Waals surface area (Å²) in [6, 6.07) is 0.364. The molecule has 5 nitrogen and oxygen atoms in total. The van der Waals surface area contributed by atoms with Crippen LogP contribution in [-0.4, -0.2) is 28.7 Å². The van der Waals surface area contributed by atoms with E-state index in [1.165, 1.54) is 6.33 Å². The molecule has 2 atom stereocenters. The zero-order valence-electron chi connectivity index (χ0n) is 12.2. The van der Waals surface area contributed by atoms with Crippen LogP contribution in [-0.2, 0) is 11.2 Å². The minimum atomic E-state index is 0.112. The number of anilines is 2. The molecule has 2 unspecified atom stereocenters. The second kappa shape index (κ2) is 5.33. The lowest BCUT2D eigenvalue weighted by atomic mass is 9.64. The third-order valence-corrected chi connectivity index (χ3v) is 4.19. The van der Waals surface area contributed by atoms with Crippen LogP contribution >= 0.6 is 0 Å². The van der Waals surface area contributed by atoms with Crippen molar-refractivity contribution in [2.75, 3.05) is 17.7 Å². The fourth-order valence-corrected chi connectivity index (χ4v) is 2.68. The van der Waals surface area contributed by atoms with E-state index in [2.05, 4.69) is 36.1 Å². The number of ether oxygens (including phenoxy) is 1. The molecule has 3 N–H and O–H groups in total. The largest absolute Gasteiger partial charge is 0.383 e. The van der Waals surface area contributed by atoms with Gasteiger partial charge in [0, 0.05) is 23.6 Å². The summed E-state index contributed by atoms with van der Waals surface area (Å²) in [6.07, 6.45) is 3.67. The van der Waals surface area contributed by atoms with E-state index in [0.717, 1.165) is 30.8 Å². The number of nitrogens with zero attached hydrogens (tertiary/aromatic N) is 2. The Morgan fingerprint density at radius 2 is 2.16 bits per heavy atom. The highest BCUT2D eigenvalue weighted by Gasteiger charge is 2.49. The fourth-order valence-electron chi connectivity index (χ4n) is 2.68. The van der Waals surface area contributed by atoms with Crippen LogP contribution in [0.2, 0.25) is 0 Å². The molecule has 0 aliphatic heterocycles. The number of hydrogen-bond acceptors (Lipinski definition) is 5. The molecule has 1 heterocycles. The SMILES string of the molecule is CCOC1CC(Nc2ncnc(N)c2CC)C1(C)C. The first kappa shape index (κ1) is 14.1. The van der Waals surface area contributed by atoms with E-state index in [9.17, 15) is 0 Å². The van der Waals surface area contributed by atoms with Gasteiger partial charge in [-0.05, 0) is 19.8 Å². The van der Waals surface area contributed by atoms with Gasteiger partial charge in [0.05, 0.1) is 6.10 Å². The molecule has 0 saturated heterocycles. The molecule has 0 amide bonds. The van der Waals surface area contributed by atoms with Crippen molar-refractivity contribution in [1.82, 2.24) is 9.97 Å². The smallest absolute Gasteiger partial charge is 0.134 e. The molecule has 1 saturated carbocycles. The molecule has 1 aromatic rings. The van der Waals surface area contributed by atoms with Crippen LogP contribution in [0.1, 0.15) is 39.7 Å². The van der Waals surface area contributed by atoms with Crippen LogP contribution in [0.5, 0.6) is 0 Å². The third kappa shape index (κ3) is 2.52.